The van der Waals surface area contributed by atoms with Gasteiger partial charge in [-0.05, 0) is 43.5 Å². The highest BCUT2D eigenvalue weighted by molar-refractivity contribution is 6.05. The predicted octanol–water partition coefficient (Wildman–Crippen LogP) is 3.30. The molecule has 3 aromatic heterocycles. The van der Waals surface area contributed by atoms with Gasteiger partial charge in [0.2, 0.25) is 0 Å². The molecule has 1 aliphatic rings. The average Bonchev–Trinajstić information content (AvgIpc) is 3.22. The highest BCUT2D eigenvalue weighted by atomic mass is 16.5. The standard InChI is InChI=1S/C23H30N6O2/c1-15(2)20-12-18(19-14-26-29(16(3)4)22(19)27-20)23(30)25-13-17-5-6-24-21(11-17)28-7-9-31-10-8-28/h5-6,11-12,14-16H,7-10,13H2,1-4H3,(H,25,30). The van der Waals surface area contributed by atoms with Crippen LogP contribution in [0.3, 0.4) is 0 Å². The Bertz CT molecular complexity index is 1070. The lowest BCUT2D eigenvalue weighted by Crippen LogP contribution is -2.36. The van der Waals surface area contributed by atoms with E-state index in [1.165, 1.54) is 0 Å². The molecule has 0 radical (unpaired) electrons. The van der Waals surface area contributed by atoms with E-state index in [-0.39, 0.29) is 17.9 Å². The van der Waals surface area contributed by atoms with E-state index in [1.807, 2.05) is 22.9 Å². The molecule has 4 heterocycles. The van der Waals surface area contributed by atoms with Gasteiger partial charge in [-0.15, -0.1) is 0 Å². The minimum atomic E-state index is -0.123. The number of nitrogens with zero attached hydrogens (tertiary/aromatic N) is 5. The van der Waals surface area contributed by atoms with Gasteiger partial charge in [0, 0.05) is 37.6 Å². The van der Waals surface area contributed by atoms with Gasteiger partial charge in [0.1, 0.15) is 5.82 Å². The molecule has 164 valence electrons. The van der Waals surface area contributed by atoms with E-state index < -0.39 is 0 Å². The largest absolute Gasteiger partial charge is 0.378 e. The Hall–Kier alpha value is -3.00. The number of pyridine rings is 2. The summed E-state index contributed by atoms with van der Waals surface area (Å²) in [5, 5.41) is 8.31. The molecule has 0 saturated carbocycles. The molecule has 1 aliphatic heterocycles. The number of hydrogen-bond acceptors (Lipinski definition) is 6. The summed E-state index contributed by atoms with van der Waals surface area (Å²) < 4.78 is 7.29. The number of rotatable bonds is 6. The van der Waals surface area contributed by atoms with Crippen molar-refractivity contribution in [2.75, 3.05) is 31.2 Å². The average molecular weight is 423 g/mol. The molecule has 0 aromatic carbocycles. The fourth-order valence-corrected chi connectivity index (χ4v) is 3.71. The Labute approximate surface area is 182 Å². The molecule has 8 nitrogen and oxygen atoms in total. The van der Waals surface area contributed by atoms with Crippen LogP contribution in [0.2, 0.25) is 0 Å². The molecule has 0 aliphatic carbocycles. The number of aromatic nitrogens is 4. The number of carbonyl (C=O) groups is 1. The van der Waals surface area contributed by atoms with E-state index in [0.717, 1.165) is 41.2 Å². The number of anilines is 1. The first-order valence-electron chi connectivity index (χ1n) is 10.9. The number of nitrogens with one attached hydrogen (secondary N) is 1. The third kappa shape index (κ3) is 4.54. The summed E-state index contributed by atoms with van der Waals surface area (Å²) in [6.45, 7) is 11.8. The van der Waals surface area contributed by atoms with Crippen LogP contribution < -0.4 is 10.2 Å². The molecule has 31 heavy (non-hydrogen) atoms. The molecule has 0 spiro atoms. The predicted molar refractivity (Wildman–Crippen MR) is 120 cm³/mol. The van der Waals surface area contributed by atoms with Crippen molar-refractivity contribution in [3.05, 3.63) is 47.4 Å². The van der Waals surface area contributed by atoms with Crippen molar-refractivity contribution in [2.45, 2.75) is 46.2 Å². The van der Waals surface area contributed by atoms with E-state index in [2.05, 4.69) is 48.0 Å². The van der Waals surface area contributed by atoms with Crippen LogP contribution in [0.25, 0.3) is 11.0 Å². The van der Waals surface area contributed by atoms with E-state index >= 15 is 0 Å². The maximum atomic E-state index is 13.2. The topological polar surface area (TPSA) is 85.2 Å². The van der Waals surface area contributed by atoms with E-state index in [4.69, 9.17) is 9.72 Å². The van der Waals surface area contributed by atoms with Crippen LogP contribution in [0.4, 0.5) is 5.82 Å². The SMILES string of the molecule is CC(C)c1cc(C(=O)NCc2ccnc(N3CCOCC3)c2)c2cnn(C(C)C)c2n1. The first-order valence-corrected chi connectivity index (χ1v) is 10.9. The normalized spacial score (nSPS) is 14.6. The van der Waals surface area contributed by atoms with E-state index in [9.17, 15) is 4.79 Å². The maximum absolute atomic E-state index is 13.2. The lowest BCUT2D eigenvalue weighted by Gasteiger charge is -2.28. The zero-order valence-corrected chi connectivity index (χ0v) is 18.6. The Morgan fingerprint density at radius 1 is 1.19 bits per heavy atom. The zero-order valence-electron chi connectivity index (χ0n) is 18.6. The molecule has 8 heteroatoms. The first kappa shape index (κ1) is 21.2. The Kier molecular flexibility index (Phi) is 6.18. The van der Waals surface area contributed by atoms with Crippen LogP contribution in [0, 0.1) is 0 Å². The minimum absolute atomic E-state index is 0.123. The van der Waals surface area contributed by atoms with Crippen LogP contribution in [0.5, 0.6) is 0 Å². The summed E-state index contributed by atoms with van der Waals surface area (Å²) in [7, 11) is 0. The lowest BCUT2D eigenvalue weighted by atomic mass is 10.0. The number of amides is 1. The summed E-state index contributed by atoms with van der Waals surface area (Å²) in [6, 6.07) is 6.02. The number of hydrogen-bond donors (Lipinski definition) is 1. The quantitative estimate of drug-likeness (QED) is 0.656. The van der Waals surface area contributed by atoms with Gasteiger partial charge >= 0.3 is 0 Å². The molecule has 4 rings (SSSR count). The second-order valence-electron chi connectivity index (χ2n) is 8.47. The van der Waals surface area contributed by atoms with E-state index in [0.29, 0.717) is 25.3 Å². The van der Waals surface area contributed by atoms with Gasteiger partial charge in [-0.3, -0.25) is 4.79 Å². The smallest absolute Gasteiger partial charge is 0.252 e. The molecule has 1 N–H and O–H groups in total. The van der Waals surface area contributed by atoms with Gasteiger partial charge in [0.15, 0.2) is 5.65 Å². The monoisotopic (exact) mass is 422 g/mol. The van der Waals surface area contributed by atoms with Crippen molar-refractivity contribution in [3.8, 4) is 0 Å². The maximum Gasteiger partial charge on any atom is 0.252 e. The number of ether oxygens (including phenoxy) is 1. The second kappa shape index (κ2) is 9.01. The van der Waals surface area contributed by atoms with Crippen molar-refractivity contribution in [1.29, 1.82) is 0 Å². The molecule has 0 bridgehead atoms. The van der Waals surface area contributed by atoms with Crippen LogP contribution in [0.1, 0.15) is 61.3 Å². The van der Waals surface area contributed by atoms with Crippen molar-refractivity contribution < 1.29 is 9.53 Å². The lowest BCUT2D eigenvalue weighted by molar-refractivity contribution is 0.0952. The summed E-state index contributed by atoms with van der Waals surface area (Å²) in [5.41, 5.74) is 3.27. The van der Waals surface area contributed by atoms with Crippen molar-refractivity contribution in [3.63, 3.8) is 0 Å². The van der Waals surface area contributed by atoms with Crippen molar-refractivity contribution in [1.82, 2.24) is 25.1 Å². The van der Waals surface area contributed by atoms with Crippen LogP contribution in [0.15, 0.2) is 30.6 Å². The van der Waals surface area contributed by atoms with Gasteiger partial charge in [-0.25, -0.2) is 14.6 Å². The molecule has 0 unspecified atom stereocenters. The van der Waals surface area contributed by atoms with Gasteiger partial charge in [0.25, 0.3) is 5.91 Å². The zero-order chi connectivity index (χ0) is 22.0. The first-order chi connectivity index (χ1) is 14.9. The molecule has 1 saturated heterocycles. The number of fused-ring (bicyclic) bond motifs is 1. The van der Waals surface area contributed by atoms with Gasteiger partial charge in [-0.2, -0.15) is 5.10 Å². The summed E-state index contributed by atoms with van der Waals surface area (Å²) in [4.78, 5) is 24.6. The fourth-order valence-electron chi connectivity index (χ4n) is 3.71. The number of morpholine rings is 1. The Morgan fingerprint density at radius 2 is 1.97 bits per heavy atom. The van der Waals surface area contributed by atoms with Gasteiger partial charge in [0.05, 0.1) is 30.4 Å². The molecule has 1 fully saturated rings. The fraction of sp³-hybridized carbons (Fsp3) is 0.478. The van der Waals surface area contributed by atoms with E-state index in [1.54, 1.807) is 12.4 Å². The highest BCUT2D eigenvalue weighted by Gasteiger charge is 2.19. The third-order valence-corrected chi connectivity index (χ3v) is 5.51. The van der Waals surface area contributed by atoms with Crippen molar-refractivity contribution >= 4 is 22.8 Å². The van der Waals surface area contributed by atoms with Crippen LogP contribution >= 0.6 is 0 Å². The molecular weight excluding hydrogens is 392 g/mol. The Balaban J connectivity index is 1.56. The molecule has 0 atom stereocenters. The Morgan fingerprint density at radius 3 is 2.68 bits per heavy atom. The molecular formula is C23H30N6O2. The summed E-state index contributed by atoms with van der Waals surface area (Å²) in [5.74, 6) is 1.01. The summed E-state index contributed by atoms with van der Waals surface area (Å²) >= 11 is 0. The van der Waals surface area contributed by atoms with Gasteiger partial charge < -0.3 is 15.0 Å². The van der Waals surface area contributed by atoms with Crippen molar-refractivity contribution in [2.24, 2.45) is 0 Å². The van der Waals surface area contributed by atoms with Crippen LogP contribution in [-0.4, -0.2) is 52.0 Å². The van der Waals surface area contributed by atoms with Gasteiger partial charge in [-0.1, -0.05) is 13.8 Å². The molecule has 1 amide bonds. The third-order valence-electron chi connectivity index (χ3n) is 5.51. The summed E-state index contributed by atoms with van der Waals surface area (Å²) in [6.07, 6.45) is 3.53. The molecule has 3 aromatic rings. The van der Waals surface area contributed by atoms with Crippen LogP contribution in [-0.2, 0) is 11.3 Å². The second-order valence-corrected chi connectivity index (χ2v) is 8.47. The minimum Gasteiger partial charge on any atom is -0.378 e. The highest BCUT2D eigenvalue weighted by Crippen LogP contribution is 2.24. The number of carbonyl (C=O) groups excluding carboxylic acids is 1.